The minimum absolute atomic E-state index is 0.136. The highest BCUT2D eigenvalue weighted by Crippen LogP contribution is 2.31. The highest BCUT2D eigenvalue weighted by Gasteiger charge is 2.27. The average Bonchev–Trinajstić information content (AvgIpc) is 3.12. The molecule has 3 rings (SSSR count). The normalized spacial score (nSPS) is 16.9. The van der Waals surface area contributed by atoms with Crippen LogP contribution in [0.1, 0.15) is 24.4 Å². The van der Waals surface area contributed by atoms with Crippen LogP contribution in [-0.2, 0) is 9.59 Å². The molecule has 0 radical (unpaired) electrons. The zero-order valence-electron chi connectivity index (χ0n) is 14.8. The number of halogens is 2. The molecule has 0 bridgehead atoms. The summed E-state index contributed by atoms with van der Waals surface area (Å²) in [4.78, 5) is 26.2. The maximum absolute atomic E-state index is 13.1. The lowest BCUT2D eigenvalue weighted by molar-refractivity contribution is -0.125. The molecule has 7 heteroatoms. The van der Waals surface area contributed by atoms with E-state index in [-0.39, 0.29) is 30.7 Å². The lowest BCUT2D eigenvalue weighted by atomic mass is 10.0. The van der Waals surface area contributed by atoms with Gasteiger partial charge in [-0.3, -0.25) is 14.5 Å². The Kier molecular flexibility index (Phi) is 6.13. The molecule has 2 aromatic carbocycles. The molecule has 0 spiro atoms. The molecule has 1 aliphatic heterocycles. The van der Waals surface area contributed by atoms with Crippen molar-refractivity contribution in [1.82, 2.24) is 10.2 Å². The molecule has 1 saturated heterocycles. The van der Waals surface area contributed by atoms with Gasteiger partial charge in [0.2, 0.25) is 11.8 Å². The standard InChI is InChI=1S/C20H21F2N3O2/c21-16-9-8-15(11-17(16)22)24-19(26)12-23-20(27)13-25-10-4-7-18(25)14-5-2-1-3-6-14/h1-3,5-6,8-9,11,18H,4,7,10,12-13H2,(H,23,27)(H,24,26). The molecule has 5 nitrogen and oxygen atoms in total. The van der Waals surface area contributed by atoms with Crippen LogP contribution in [0.3, 0.4) is 0 Å². The van der Waals surface area contributed by atoms with Gasteiger partial charge in [0, 0.05) is 17.8 Å². The Balaban J connectivity index is 1.47. The van der Waals surface area contributed by atoms with E-state index in [1.807, 2.05) is 18.2 Å². The van der Waals surface area contributed by atoms with Crippen molar-refractivity contribution in [2.24, 2.45) is 0 Å². The summed E-state index contributed by atoms with van der Waals surface area (Å²) in [6.07, 6.45) is 2.01. The predicted molar refractivity (Wildman–Crippen MR) is 98.0 cm³/mol. The number of nitrogens with zero attached hydrogens (tertiary/aromatic N) is 1. The van der Waals surface area contributed by atoms with E-state index in [2.05, 4.69) is 27.7 Å². The van der Waals surface area contributed by atoms with E-state index in [1.165, 1.54) is 11.6 Å². The Hall–Kier alpha value is -2.80. The predicted octanol–water partition coefficient (Wildman–Crippen LogP) is 2.86. The first-order chi connectivity index (χ1) is 13.0. The first-order valence-electron chi connectivity index (χ1n) is 8.83. The Morgan fingerprint density at radius 1 is 1.04 bits per heavy atom. The van der Waals surface area contributed by atoms with Gasteiger partial charge in [-0.2, -0.15) is 0 Å². The Morgan fingerprint density at radius 2 is 1.81 bits per heavy atom. The fraction of sp³-hybridized carbons (Fsp3) is 0.300. The largest absolute Gasteiger partial charge is 0.346 e. The molecule has 2 amide bonds. The van der Waals surface area contributed by atoms with E-state index < -0.39 is 17.5 Å². The van der Waals surface area contributed by atoms with E-state index in [4.69, 9.17) is 0 Å². The zero-order chi connectivity index (χ0) is 19.2. The summed E-state index contributed by atoms with van der Waals surface area (Å²) in [6, 6.07) is 13.3. The third kappa shape index (κ3) is 5.10. The molecule has 1 fully saturated rings. The second kappa shape index (κ2) is 8.73. The highest BCUT2D eigenvalue weighted by atomic mass is 19.2. The minimum atomic E-state index is -1.04. The molecule has 0 aliphatic carbocycles. The van der Waals surface area contributed by atoms with Crippen molar-refractivity contribution in [3.63, 3.8) is 0 Å². The molecule has 1 unspecified atom stereocenters. The molecule has 1 aliphatic rings. The maximum atomic E-state index is 13.1. The smallest absolute Gasteiger partial charge is 0.243 e. The number of carbonyl (C=O) groups excluding carboxylic acids is 2. The highest BCUT2D eigenvalue weighted by molar-refractivity contribution is 5.94. The van der Waals surface area contributed by atoms with Crippen LogP contribution >= 0.6 is 0 Å². The summed E-state index contributed by atoms with van der Waals surface area (Å²) in [7, 11) is 0. The molecule has 142 valence electrons. The number of likely N-dealkylation sites (tertiary alicyclic amines) is 1. The van der Waals surface area contributed by atoms with Crippen molar-refractivity contribution < 1.29 is 18.4 Å². The second-order valence-corrected chi connectivity index (χ2v) is 6.49. The van der Waals surface area contributed by atoms with Gasteiger partial charge in [0.25, 0.3) is 0 Å². The molecule has 1 atom stereocenters. The third-order valence-corrected chi connectivity index (χ3v) is 4.54. The lowest BCUT2D eigenvalue weighted by Crippen LogP contribution is -2.40. The van der Waals surface area contributed by atoms with Crippen LogP contribution in [0.15, 0.2) is 48.5 Å². The number of carbonyl (C=O) groups is 2. The van der Waals surface area contributed by atoms with E-state index in [9.17, 15) is 18.4 Å². The van der Waals surface area contributed by atoms with Gasteiger partial charge in [-0.1, -0.05) is 30.3 Å². The molecule has 2 aromatic rings. The zero-order valence-corrected chi connectivity index (χ0v) is 14.8. The van der Waals surface area contributed by atoms with Crippen LogP contribution in [0.2, 0.25) is 0 Å². The average molecular weight is 373 g/mol. The Labute approximate surface area is 156 Å². The molecule has 0 saturated carbocycles. The fourth-order valence-electron chi connectivity index (χ4n) is 3.27. The molecule has 0 aromatic heterocycles. The SMILES string of the molecule is O=C(CN1CCCC1c1ccccc1)NCC(=O)Nc1ccc(F)c(F)c1. The van der Waals surface area contributed by atoms with Crippen molar-refractivity contribution >= 4 is 17.5 Å². The van der Waals surface area contributed by atoms with Gasteiger partial charge >= 0.3 is 0 Å². The number of rotatable bonds is 6. The van der Waals surface area contributed by atoms with Gasteiger partial charge in [0.1, 0.15) is 0 Å². The van der Waals surface area contributed by atoms with Gasteiger partial charge in [0.05, 0.1) is 13.1 Å². The molecule has 1 heterocycles. The van der Waals surface area contributed by atoms with Crippen molar-refractivity contribution in [3.05, 3.63) is 65.7 Å². The van der Waals surface area contributed by atoms with Crippen molar-refractivity contribution in [1.29, 1.82) is 0 Å². The quantitative estimate of drug-likeness (QED) is 0.819. The summed E-state index contributed by atoms with van der Waals surface area (Å²) < 4.78 is 26.0. The van der Waals surface area contributed by atoms with Crippen molar-refractivity contribution in [2.75, 3.05) is 25.0 Å². The van der Waals surface area contributed by atoms with Crippen LogP contribution in [0.4, 0.5) is 14.5 Å². The number of hydrogen-bond acceptors (Lipinski definition) is 3. The fourth-order valence-corrected chi connectivity index (χ4v) is 3.27. The minimum Gasteiger partial charge on any atom is -0.346 e. The summed E-state index contributed by atoms with van der Waals surface area (Å²) in [5.74, 6) is -2.79. The van der Waals surface area contributed by atoms with E-state index >= 15 is 0 Å². The Morgan fingerprint density at radius 3 is 2.56 bits per heavy atom. The summed E-state index contributed by atoms with van der Waals surface area (Å²) >= 11 is 0. The summed E-state index contributed by atoms with van der Waals surface area (Å²) in [5, 5.41) is 4.99. The molecular weight excluding hydrogens is 352 g/mol. The maximum Gasteiger partial charge on any atom is 0.243 e. The first-order valence-corrected chi connectivity index (χ1v) is 8.83. The summed E-state index contributed by atoms with van der Waals surface area (Å²) in [5.41, 5.74) is 1.32. The van der Waals surface area contributed by atoms with Crippen LogP contribution in [0, 0.1) is 11.6 Å². The topological polar surface area (TPSA) is 61.4 Å². The van der Waals surface area contributed by atoms with Gasteiger partial charge in [-0.25, -0.2) is 8.78 Å². The number of amides is 2. The van der Waals surface area contributed by atoms with Crippen LogP contribution < -0.4 is 10.6 Å². The Bertz CT molecular complexity index is 814. The van der Waals surface area contributed by atoms with Crippen molar-refractivity contribution in [2.45, 2.75) is 18.9 Å². The van der Waals surface area contributed by atoms with E-state index in [0.29, 0.717) is 0 Å². The molecule has 27 heavy (non-hydrogen) atoms. The van der Waals surface area contributed by atoms with Crippen LogP contribution in [0.5, 0.6) is 0 Å². The molecule has 2 N–H and O–H groups in total. The van der Waals surface area contributed by atoms with Gasteiger partial charge < -0.3 is 10.6 Å². The van der Waals surface area contributed by atoms with Gasteiger partial charge in [-0.05, 0) is 37.1 Å². The first kappa shape index (κ1) is 19.0. The van der Waals surface area contributed by atoms with Gasteiger partial charge in [-0.15, -0.1) is 0 Å². The van der Waals surface area contributed by atoms with E-state index in [1.54, 1.807) is 0 Å². The number of hydrogen-bond donors (Lipinski definition) is 2. The van der Waals surface area contributed by atoms with Crippen molar-refractivity contribution in [3.8, 4) is 0 Å². The van der Waals surface area contributed by atoms with Gasteiger partial charge in [0.15, 0.2) is 11.6 Å². The lowest BCUT2D eigenvalue weighted by Gasteiger charge is -2.24. The second-order valence-electron chi connectivity index (χ2n) is 6.49. The van der Waals surface area contributed by atoms with Crippen LogP contribution in [-0.4, -0.2) is 36.3 Å². The van der Waals surface area contributed by atoms with E-state index in [0.717, 1.165) is 31.5 Å². The molecular formula is C20H21F2N3O2. The van der Waals surface area contributed by atoms with Crippen LogP contribution in [0.25, 0.3) is 0 Å². The number of nitrogens with one attached hydrogen (secondary N) is 2. The summed E-state index contributed by atoms with van der Waals surface area (Å²) in [6.45, 7) is 0.799. The monoisotopic (exact) mass is 373 g/mol. The number of benzene rings is 2. The number of anilines is 1. The third-order valence-electron chi connectivity index (χ3n) is 4.54.